The van der Waals surface area contributed by atoms with Crippen molar-refractivity contribution in [2.45, 2.75) is 6.42 Å². The Labute approximate surface area is 165 Å². The molecule has 3 aromatic rings. The molecule has 0 fully saturated rings. The van der Waals surface area contributed by atoms with Gasteiger partial charge in [-0.05, 0) is 24.3 Å². The predicted octanol–water partition coefficient (Wildman–Crippen LogP) is 2.53. The van der Waals surface area contributed by atoms with E-state index in [0.717, 1.165) is 6.54 Å². The van der Waals surface area contributed by atoms with Crippen molar-refractivity contribution < 1.29 is 19.0 Å². The van der Waals surface area contributed by atoms with E-state index in [-0.39, 0.29) is 17.1 Å². The normalized spacial score (nSPS) is 11.1. The number of anilines is 1. The van der Waals surface area contributed by atoms with Crippen LogP contribution >= 0.6 is 11.3 Å². The first-order valence-corrected chi connectivity index (χ1v) is 9.59. The second kappa shape index (κ2) is 8.41. The summed E-state index contributed by atoms with van der Waals surface area (Å²) in [6.45, 7) is 1.18. The molecule has 0 bridgehead atoms. The van der Waals surface area contributed by atoms with Crippen LogP contribution in [0.2, 0.25) is 0 Å². The number of amides is 1. The number of carbonyl (C=O) groups excluding carboxylic acids is 1. The van der Waals surface area contributed by atoms with Gasteiger partial charge in [-0.2, -0.15) is 0 Å². The Morgan fingerprint density at radius 2 is 2.04 bits per heavy atom. The monoisotopic (exact) mass is 403 g/mol. The number of carbonyl (C=O) groups is 1. The molecule has 1 N–H and O–H groups in total. The molecule has 0 spiro atoms. The Bertz CT molecular complexity index is 1020. The molecular weight excluding hydrogens is 383 g/mol. The predicted molar refractivity (Wildman–Crippen MR) is 107 cm³/mol. The highest BCUT2D eigenvalue weighted by Crippen LogP contribution is 2.31. The largest absolute Gasteiger partial charge is 0.340 e. The number of nitro groups is 1. The summed E-state index contributed by atoms with van der Waals surface area (Å²) >= 11 is 1.19. The summed E-state index contributed by atoms with van der Waals surface area (Å²) in [6.07, 6.45) is 0.693. The summed E-state index contributed by atoms with van der Waals surface area (Å²) in [5.74, 6) is -0.865. The minimum atomic E-state index is -0.566. The van der Waals surface area contributed by atoms with Gasteiger partial charge in [-0.25, -0.2) is 9.37 Å². The van der Waals surface area contributed by atoms with E-state index in [1.807, 2.05) is 14.1 Å². The fourth-order valence-corrected chi connectivity index (χ4v) is 3.85. The van der Waals surface area contributed by atoms with E-state index in [4.69, 9.17) is 0 Å². The Kier molecular flexibility index (Phi) is 5.96. The summed E-state index contributed by atoms with van der Waals surface area (Å²) < 4.78 is 14.1. The quantitative estimate of drug-likeness (QED) is 0.486. The molecule has 0 aliphatic heterocycles. The number of hydrogen-bond acceptors (Lipinski definition) is 5. The van der Waals surface area contributed by atoms with Crippen LogP contribution in [0.3, 0.4) is 0 Å². The number of quaternary nitrogens is 1. The third-order valence-corrected chi connectivity index (χ3v) is 5.25. The number of hydrogen-bond donors (Lipinski definition) is 1. The van der Waals surface area contributed by atoms with Gasteiger partial charge in [-0.3, -0.25) is 19.8 Å². The average molecular weight is 403 g/mol. The third kappa shape index (κ3) is 4.32. The van der Waals surface area contributed by atoms with Crippen LogP contribution in [0.4, 0.5) is 15.2 Å². The second-order valence-electron chi connectivity index (χ2n) is 6.65. The molecule has 9 heteroatoms. The number of thiazole rings is 1. The molecule has 1 aromatic heterocycles. The topological polar surface area (TPSA) is 80.8 Å². The van der Waals surface area contributed by atoms with Gasteiger partial charge in [0, 0.05) is 19.0 Å². The van der Waals surface area contributed by atoms with Gasteiger partial charge >= 0.3 is 0 Å². The molecule has 1 amide bonds. The van der Waals surface area contributed by atoms with Crippen LogP contribution in [0.25, 0.3) is 10.2 Å². The number of fused-ring (bicyclic) bond motifs is 1. The maximum Gasteiger partial charge on any atom is 0.282 e. The van der Waals surface area contributed by atoms with E-state index in [0.29, 0.717) is 28.3 Å². The summed E-state index contributed by atoms with van der Waals surface area (Å²) in [7, 11) is 4.02. The van der Waals surface area contributed by atoms with E-state index in [1.54, 1.807) is 12.1 Å². The third-order valence-electron chi connectivity index (χ3n) is 4.20. The first kappa shape index (κ1) is 19.8. The molecule has 0 saturated heterocycles. The molecule has 146 valence electrons. The first-order valence-electron chi connectivity index (χ1n) is 8.77. The smallest absolute Gasteiger partial charge is 0.282 e. The molecule has 2 aromatic carbocycles. The number of benzene rings is 2. The Hall–Kier alpha value is -2.91. The van der Waals surface area contributed by atoms with Crippen molar-refractivity contribution in [1.29, 1.82) is 0 Å². The van der Waals surface area contributed by atoms with Gasteiger partial charge < -0.3 is 4.90 Å². The zero-order chi connectivity index (χ0) is 20.3. The van der Waals surface area contributed by atoms with Gasteiger partial charge in [0.25, 0.3) is 11.6 Å². The van der Waals surface area contributed by atoms with Crippen molar-refractivity contribution in [1.82, 2.24) is 4.98 Å². The van der Waals surface area contributed by atoms with Crippen LogP contribution in [-0.2, 0) is 0 Å². The number of aromatic nitrogens is 1. The molecule has 0 aliphatic carbocycles. The van der Waals surface area contributed by atoms with Gasteiger partial charge in [0.05, 0.1) is 35.8 Å². The average Bonchev–Trinajstić information content (AvgIpc) is 3.07. The van der Waals surface area contributed by atoms with E-state index in [1.165, 1.54) is 51.5 Å². The molecule has 7 nitrogen and oxygen atoms in total. The van der Waals surface area contributed by atoms with E-state index >= 15 is 0 Å². The van der Waals surface area contributed by atoms with Crippen molar-refractivity contribution in [3.05, 3.63) is 64.0 Å². The number of rotatable bonds is 7. The summed E-state index contributed by atoms with van der Waals surface area (Å²) in [5, 5.41) is 11.7. The molecule has 0 radical (unpaired) electrons. The Morgan fingerprint density at radius 3 is 2.75 bits per heavy atom. The van der Waals surface area contributed by atoms with Gasteiger partial charge in [-0.15, -0.1) is 0 Å². The van der Waals surface area contributed by atoms with E-state index in [2.05, 4.69) is 4.98 Å². The van der Waals surface area contributed by atoms with E-state index < -0.39 is 10.8 Å². The SMILES string of the molecule is C[NH+](C)CCCN(C(=O)c1ccccc1[N+](=O)[O-])c1nc2ccc(F)cc2s1. The van der Waals surface area contributed by atoms with Crippen LogP contribution in [0.5, 0.6) is 0 Å². The highest BCUT2D eigenvalue weighted by molar-refractivity contribution is 7.22. The van der Waals surface area contributed by atoms with Crippen LogP contribution in [-0.4, -0.2) is 43.0 Å². The summed E-state index contributed by atoms with van der Waals surface area (Å²) in [5.41, 5.74) is 0.345. The molecule has 0 atom stereocenters. The van der Waals surface area contributed by atoms with E-state index in [9.17, 15) is 19.3 Å². The molecular formula is C19H20FN4O3S+. The lowest BCUT2D eigenvalue weighted by molar-refractivity contribution is -0.858. The van der Waals surface area contributed by atoms with Gasteiger partial charge in [0.15, 0.2) is 5.13 Å². The molecule has 28 heavy (non-hydrogen) atoms. The van der Waals surface area contributed by atoms with Crippen LogP contribution in [0.15, 0.2) is 42.5 Å². The van der Waals surface area contributed by atoms with Gasteiger partial charge in [0.2, 0.25) is 0 Å². The van der Waals surface area contributed by atoms with Crippen LogP contribution in [0, 0.1) is 15.9 Å². The second-order valence-corrected chi connectivity index (χ2v) is 7.66. The van der Waals surface area contributed by atoms with Gasteiger partial charge in [-0.1, -0.05) is 23.5 Å². The van der Waals surface area contributed by atoms with Crippen molar-refractivity contribution in [2.24, 2.45) is 0 Å². The van der Waals surface area contributed by atoms with Crippen molar-refractivity contribution in [3.8, 4) is 0 Å². The molecule has 0 unspecified atom stereocenters. The van der Waals surface area contributed by atoms with Gasteiger partial charge in [0.1, 0.15) is 11.4 Å². The maximum absolute atomic E-state index is 13.5. The van der Waals surface area contributed by atoms with Crippen LogP contribution in [0.1, 0.15) is 16.8 Å². The Balaban J connectivity index is 2.00. The minimum Gasteiger partial charge on any atom is -0.340 e. The van der Waals surface area contributed by atoms with Crippen molar-refractivity contribution in [2.75, 3.05) is 32.1 Å². The van der Waals surface area contributed by atoms with Crippen molar-refractivity contribution in [3.63, 3.8) is 0 Å². The number of para-hydroxylation sites is 1. The van der Waals surface area contributed by atoms with Crippen molar-refractivity contribution >= 4 is 38.3 Å². The zero-order valence-corrected chi connectivity index (χ0v) is 16.3. The summed E-state index contributed by atoms with van der Waals surface area (Å²) in [4.78, 5) is 31.1. The first-order chi connectivity index (χ1) is 13.4. The fourth-order valence-electron chi connectivity index (χ4n) is 2.84. The Morgan fingerprint density at radius 1 is 1.29 bits per heavy atom. The standard InChI is InChI=1S/C19H19FN4O3S/c1-22(2)10-5-11-23(18(25)14-6-3-4-7-16(14)24(26)27)19-21-15-9-8-13(20)12-17(15)28-19/h3-4,6-9,12H,5,10-11H2,1-2H3/p+1. The molecule has 3 rings (SSSR count). The minimum absolute atomic E-state index is 0.00939. The molecule has 1 heterocycles. The zero-order valence-electron chi connectivity index (χ0n) is 15.5. The highest BCUT2D eigenvalue weighted by atomic mass is 32.1. The lowest BCUT2D eigenvalue weighted by Crippen LogP contribution is -3.05. The summed E-state index contributed by atoms with van der Waals surface area (Å²) in [6, 6.07) is 10.1. The number of nitro benzene ring substituents is 1. The lowest BCUT2D eigenvalue weighted by atomic mass is 10.1. The number of nitrogens with one attached hydrogen (secondary N) is 1. The maximum atomic E-state index is 13.5. The van der Waals surface area contributed by atoms with Crippen LogP contribution < -0.4 is 9.80 Å². The molecule has 0 aliphatic rings. The highest BCUT2D eigenvalue weighted by Gasteiger charge is 2.27. The lowest BCUT2D eigenvalue weighted by Gasteiger charge is -2.20. The number of halogens is 1. The fraction of sp³-hybridized carbons (Fsp3) is 0.263. The number of nitrogens with zero attached hydrogens (tertiary/aromatic N) is 3. The molecule has 0 saturated carbocycles.